The number of hydrogen-bond donors (Lipinski definition) is 1. The molecule has 3 saturated heterocycles. The predicted octanol–water partition coefficient (Wildman–Crippen LogP) is 7.13. The second-order valence-corrected chi connectivity index (χ2v) is 15.6. The molecule has 282 valence electrons. The van der Waals surface area contributed by atoms with Crippen LogP contribution in [-0.4, -0.2) is 108 Å². The van der Waals surface area contributed by atoms with Gasteiger partial charge in [0.15, 0.2) is 18.2 Å². The van der Waals surface area contributed by atoms with Crippen molar-refractivity contribution in [1.82, 2.24) is 30.0 Å². The van der Waals surface area contributed by atoms with E-state index in [1.54, 1.807) is 6.20 Å². The van der Waals surface area contributed by atoms with E-state index in [0.29, 0.717) is 61.0 Å². The Labute approximate surface area is 306 Å². The molecule has 0 bridgehead atoms. The third-order valence-corrected chi connectivity index (χ3v) is 11.6. The van der Waals surface area contributed by atoms with Crippen LogP contribution in [0.3, 0.4) is 0 Å². The number of halogens is 4. The monoisotopic (exact) mass is 734 g/mol. The van der Waals surface area contributed by atoms with E-state index < -0.39 is 24.5 Å². The zero-order chi connectivity index (χ0) is 37.1. The van der Waals surface area contributed by atoms with Crippen LogP contribution in [0.1, 0.15) is 62.0 Å². The van der Waals surface area contributed by atoms with Crippen LogP contribution >= 0.6 is 0 Å². The Hall–Kier alpha value is -4.46. The fraction of sp³-hybridized carbons (Fsp3) is 0.538. The number of amides is 1. The minimum Gasteiger partial charge on any atom is -0.481 e. The molecule has 1 amide bonds. The summed E-state index contributed by atoms with van der Waals surface area (Å²) >= 11 is 0. The minimum absolute atomic E-state index is 0.116. The molecule has 1 spiro atoms. The molecule has 0 unspecified atom stereocenters. The maximum Gasteiger partial charge on any atom is 0.422 e. The Morgan fingerprint density at radius 2 is 1.70 bits per heavy atom. The highest BCUT2D eigenvalue weighted by Crippen LogP contribution is 2.53. The van der Waals surface area contributed by atoms with E-state index >= 15 is 0 Å². The van der Waals surface area contributed by atoms with E-state index in [0.717, 1.165) is 92.2 Å². The number of aromatic nitrogens is 4. The normalized spacial score (nSPS) is 20.0. The molecule has 10 nitrogen and oxygen atoms in total. The summed E-state index contributed by atoms with van der Waals surface area (Å²) < 4.78 is 61.9. The number of aryl methyl sites for hydroxylation is 1. The Balaban J connectivity index is 1.29. The molecule has 4 fully saturated rings. The molecular weight excluding hydrogens is 688 g/mol. The first-order valence-corrected chi connectivity index (χ1v) is 18.7. The molecule has 3 aliphatic heterocycles. The van der Waals surface area contributed by atoms with Crippen LogP contribution in [0, 0.1) is 12.3 Å². The highest BCUT2D eigenvalue weighted by Gasteiger charge is 2.47. The second kappa shape index (κ2) is 13.7. The van der Waals surface area contributed by atoms with Crippen molar-refractivity contribution >= 4 is 39.5 Å². The highest BCUT2D eigenvalue weighted by atomic mass is 19.4. The number of nitrogens with one attached hydrogen (secondary N) is 1. The second-order valence-electron chi connectivity index (χ2n) is 15.6. The zero-order valence-electron chi connectivity index (χ0n) is 30.4. The summed E-state index contributed by atoms with van der Waals surface area (Å²) in [6.45, 7) is 9.24. The first-order chi connectivity index (χ1) is 25.4. The fourth-order valence-corrected chi connectivity index (χ4v) is 8.57. The minimum atomic E-state index is -4.57. The molecule has 53 heavy (non-hydrogen) atoms. The van der Waals surface area contributed by atoms with E-state index in [9.17, 15) is 22.4 Å². The Morgan fingerprint density at radius 1 is 0.981 bits per heavy atom. The number of aromatic amines is 1. The van der Waals surface area contributed by atoms with Crippen LogP contribution in [-0.2, 0) is 4.79 Å². The van der Waals surface area contributed by atoms with Crippen molar-refractivity contribution in [3.8, 4) is 16.9 Å². The zero-order valence-corrected chi connectivity index (χ0v) is 30.4. The molecule has 4 aromatic rings. The van der Waals surface area contributed by atoms with Crippen molar-refractivity contribution in [3.05, 3.63) is 47.9 Å². The van der Waals surface area contributed by atoms with Gasteiger partial charge in [-0.25, -0.2) is 9.37 Å². The number of piperidine rings is 1. The van der Waals surface area contributed by atoms with Crippen LogP contribution in [0.15, 0.2) is 36.8 Å². The average Bonchev–Trinajstić information content (AvgIpc) is 3.83. The number of hydrogen-bond acceptors (Lipinski definition) is 8. The van der Waals surface area contributed by atoms with Crippen molar-refractivity contribution in [2.24, 2.45) is 5.41 Å². The maximum absolute atomic E-state index is 14.1. The lowest BCUT2D eigenvalue weighted by molar-refractivity contribution is -0.153. The predicted molar refractivity (Wildman–Crippen MR) is 197 cm³/mol. The number of nitrogens with zero attached hydrogens (tertiary/aromatic N) is 7. The molecular formula is C39H46F4N8O2. The Kier molecular flexibility index (Phi) is 9.23. The van der Waals surface area contributed by atoms with Gasteiger partial charge >= 0.3 is 6.18 Å². The molecule has 5 heterocycles. The molecule has 2 aromatic carbocycles. The Morgan fingerprint density at radius 3 is 2.42 bits per heavy atom. The number of benzene rings is 2. The summed E-state index contributed by atoms with van der Waals surface area (Å²) in [5, 5.41) is 8.81. The lowest BCUT2D eigenvalue weighted by atomic mass is 9.72. The van der Waals surface area contributed by atoms with E-state index in [2.05, 4.69) is 44.6 Å². The maximum atomic E-state index is 14.1. The number of carbonyl (C=O) groups is 1. The van der Waals surface area contributed by atoms with E-state index in [-0.39, 0.29) is 17.1 Å². The first kappa shape index (κ1) is 35.6. The van der Waals surface area contributed by atoms with Crippen molar-refractivity contribution in [1.29, 1.82) is 0 Å². The Bertz CT molecular complexity index is 2040. The summed E-state index contributed by atoms with van der Waals surface area (Å²) in [5.41, 5.74) is 4.31. The van der Waals surface area contributed by atoms with Crippen molar-refractivity contribution in [2.45, 2.75) is 64.0 Å². The SMILES string of the molecule is C=C(F)C(=O)N1CC2(CCN(c3nc(N4CCCCN(C)CCC4)nc4c(OCC(F)(F)F)c(-c5c(C)ccc6[nH]ncc56)c(C5CC5)cc34)CC2)C1. The molecule has 1 aliphatic carbocycles. The third-order valence-electron chi connectivity index (χ3n) is 11.6. The van der Waals surface area contributed by atoms with Crippen LogP contribution in [0.5, 0.6) is 5.75 Å². The molecule has 14 heteroatoms. The molecule has 0 radical (unpaired) electrons. The summed E-state index contributed by atoms with van der Waals surface area (Å²) in [6, 6.07) is 6.00. The van der Waals surface area contributed by atoms with E-state index in [1.165, 1.54) is 4.90 Å². The third kappa shape index (κ3) is 7.02. The fourth-order valence-electron chi connectivity index (χ4n) is 8.57. The van der Waals surface area contributed by atoms with Crippen LogP contribution in [0.25, 0.3) is 32.9 Å². The smallest absolute Gasteiger partial charge is 0.422 e. The van der Waals surface area contributed by atoms with Crippen LogP contribution in [0.4, 0.5) is 29.3 Å². The molecule has 1 saturated carbocycles. The number of H-pyrrole nitrogens is 1. The van der Waals surface area contributed by atoms with Gasteiger partial charge in [-0.1, -0.05) is 12.6 Å². The van der Waals surface area contributed by atoms with Crippen LogP contribution < -0.4 is 14.5 Å². The van der Waals surface area contributed by atoms with E-state index in [4.69, 9.17) is 14.7 Å². The van der Waals surface area contributed by atoms with Crippen molar-refractivity contribution in [2.75, 3.05) is 75.8 Å². The van der Waals surface area contributed by atoms with Gasteiger partial charge in [0.2, 0.25) is 5.95 Å². The summed E-state index contributed by atoms with van der Waals surface area (Å²) in [5.74, 6) is -0.154. The largest absolute Gasteiger partial charge is 0.481 e. The van der Waals surface area contributed by atoms with Gasteiger partial charge in [0.25, 0.3) is 5.91 Å². The number of fused-ring (bicyclic) bond motifs is 2. The van der Waals surface area contributed by atoms with E-state index in [1.807, 2.05) is 19.1 Å². The quantitative estimate of drug-likeness (QED) is 0.158. The lowest BCUT2D eigenvalue weighted by Gasteiger charge is -2.54. The molecule has 2 aromatic heterocycles. The highest BCUT2D eigenvalue weighted by molar-refractivity contribution is 6.06. The molecule has 4 aliphatic rings. The van der Waals surface area contributed by atoms with Crippen molar-refractivity contribution in [3.63, 3.8) is 0 Å². The molecule has 8 rings (SSSR count). The number of rotatable bonds is 7. The number of likely N-dealkylation sites (tertiary alicyclic amines) is 1. The van der Waals surface area contributed by atoms with Gasteiger partial charge in [-0.3, -0.25) is 9.89 Å². The average molecular weight is 735 g/mol. The van der Waals surface area contributed by atoms with Gasteiger partial charge in [0.1, 0.15) is 11.3 Å². The van der Waals surface area contributed by atoms with Gasteiger partial charge in [-0.2, -0.15) is 23.3 Å². The summed E-state index contributed by atoms with van der Waals surface area (Å²) in [6.07, 6.45) is 3.35. The number of alkyl halides is 3. The molecule has 1 N–H and O–H groups in total. The number of anilines is 2. The first-order valence-electron chi connectivity index (χ1n) is 18.7. The van der Waals surface area contributed by atoms with Gasteiger partial charge in [0, 0.05) is 61.0 Å². The van der Waals surface area contributed by atoms with Gasteiger partial charge < -0.3 is 24.3 Å². The number of carbonyl (C=O) groups excluding carboxylic acids is 1. The standard InChI is InChI=1S/C39H46F4N8O2/c1-24-7-10-30-29(20-44-47-30)31(24)32-27(26-8-9-26)19-28-33(34(32)53-23-39(41,42)43)45-37(50-15-5-4-13-48(3)14-6-16-50)46-35(28)49-17-11-38(12-18-49)21-51(22-38)36(52)25(2)40/h7,10,19-20,26H,2,4-6,8-9,11-18,21-23H2,1,3H3,(H,44,47). The topological polar surface area (TPSA) is 93.7 Å². The lowest BCUT2D eigenvalue weighted by Crippen LogP contribution is -2.62. The van der Waals surface area contributed by atoms with Gasteiger partial charge in [0.05, 0.1) is 11.7 Å². The molecule has 0 atom stereocenters. The van der Waals surface area contributed by atoms with Gasteiger partial charge in [-0.05, 0) is 107 Å². The van der Waals surface area contributed by atoms with Crippen LogP contribution in [0.2, 0.25) is 0 Å². The van der Waals surface area contributed by atoms with Gasteiger partial charge in [-0.15, -0.1) is 0 Å². The summed E-state index contributed by atoms with van der Waals surface area (Å²) in [4.78, 5) is 30.9. The number of ether oxygens (including phenoxy) is 1. The van der Waals surface area contributed by atoms with Crippen molar-refractivity contribution < 1.29 is 27.1 Å². The summed E-state index contributed by atoms with van der Waals surface area (Å²) in [7, 11) is 2.13.